The van der Waals surface area contributed by atoms with Crippen molar-refractivity contribution in [3.05, 3.63) is 76.1 Å². The Morgan fingerprint density at radius 3 is 2.52 bits per heavy atom. The van der Waals surface area contributed by atoms with Gasteiger partial charge in [0.15, 0.2) is 0 Å². The summed E-state index contributed by atoms with van der Waals surface area (Å²) in [5, 5.41) is 21.0. The Bertz CT molecular complexity index is 908. The predicted octanol–water partition coefficient (Wildman–Crippen LogP) is 1.54. The monoisotopic (exact) mass is 335 g/mol. The lowest BCUT2D eigenvalue weighted by Crippen LogP contribution is -2.32. The molecule has 6 heteroatoms. The van der Waals surface area contributed by atoms with Crippen LogP contribution in [0.15, 0.2) is 53.3 Å². The zero-order chi connectivity index (χ0) is 18.0. The molecule has 2 aromatic rings. The van der Waals surface area contributed by atoms with Gasteiger partial charge in [0.25, 0.3) is 0 Å². The van der Waals surface area contributed by atoms with Crippen LogP contribution < -0.4 is 16.6 Å². The largest absolute Gasteiger partial charge is 0.858 e. The van der Waals surface area contributed by atoms with Crippen LogP contribution in [0.3, 0.4) is 0 Å². The Hall–Kier alpha value is -3.01. The quantitative estimate of drug-likeness (QED) is 0.503. The number of allylic oxidation sites excluding steroid dienone is 1. The minimum absolute atomic E-state index is 0.241. The van der Waals surface area contributed by atoms with Gasteiger partial charge in [-0.05, 0) is 52.8 Å². The Balaban J connectivity index is 2.11. The average Bonchev–Trinajstić information content (AvgIpc) is 2.60. The molecule has 2 aromatic carbocycles. The Morgan fingerprint density at radius 1 is 1.16 bits per heavy atom. The standard InChI is InChI=1S/C19H17FN4O/c20-16-8-7-12-5-6-14(18(25)24-19(22)23)9-15(12)17(16)13-3-1-11(10-21)2-4-13/h1-6,9,19H,7-8,22-23H2,(H,24,25)/p-1. The molecule has 0 bridgehead atoms. The first-order valence-electron chi connectivity index (χ1n) is 7.78. The fourth-order valence-corrected chi connectivity index (χ4v) is 2.91. The molecule has 0 saturated carbocycles. The van der Waals surface area contributed by atoms with Crippen molar-refractivity contribution in [1.29, 1.82) is 5.26 Å². The van der Waals surface area contributed by atoms with Gasteiger partial charge in [-0.15, -0.1) is 0 Å². The van der Waals surface area contributed by atoms with Crippen molar-refractivity contribution in [3.8, 4) is 6.07 Å². The number of fused-ring (bicyclic) bond motifs is 1. The number of halogens is 1. The molecule has 0 amide bonds. The summed E-state index contributed by atoms with van der Waals surface area (Å²) in [6.07, 6.45) is -0.231. The number of hydrogen-bond acceptors (Lipinski definition) is 5. The maximum Gasteiger partial charge on any atom is 0.147 e. The van der Waals surface area contributed by atoms with Gasteiger partial charge in [-0.2, -0.15) is 5.26 Å². The van der Waals surface area contributed by atoms with E-state index in [0.29, 0.717) is 40.7 Å². The van der Waals surface area contributed by atoms with Gasteiger partial charge >= 0.3 is 0 Å². The van der Waals surface area contributed by atoms with Gasteiger partial charge < -0.3 is 5.11 Å². The molecular weight excluding hydrogens is 319 g/mol. The average molecular weight is 335 g/mol. The molecular formula is C19H16FN4O-. The van der Waals surface area contributed by atoms with Gasteiger partial charge in [-0.1, -0.05) is 24.3 Å². The number of nitrogens with two attached hydrogens (primary N) is 2. The molecule has 0 spiro atoms. The molecule has 25 heavy (non-hydrogen) atoms. The van der Waals surface area contributed by atoms with Crippen molar-refractivity contribution >= 4 is 11.5 Å². The molecule has 0 atom stereocenters. The van der Waals surface area contributed by atoms with Crippen LogP contribution in [0.4, 0.5) is 4.39 Å². The minimum atomic E-state index is -1.09. The third kappa shape index (κ3) is 3.43. The van der Waals surface area contributed by atoms with Crippen LogP contribution in [0.5, 0.6) is 0 Å². The van der Waals surface area contributed by atoms with Crippen LogP contribution in [0.25, 0.3) is 5.57 Å². The van der Waals surface area contributed by atoms with E-state index in [4.69, 9.17) is 16.7 Å². The number of nitriles is 1. The number of nitrogens with zero attached hydrogens (tertiary/aromatic N) is 2. The normalized spacial score (nSPS) is 14.4. The Morgan fingerprint density at radius 2 is 1.88 bits per heavy atom. The highest BCUT2D eigenvalue weighted by Gasteiger charge is 2.21. The third-order valence-electron chi connectivity index (χ3n) is 4.08. The van der Waals surface area contributed by atoms with E-state index in [-0.39, 0.29) is 5.83 Å². The highest BCUT2D eigenvalue weighted by molar-refractivity contribution is 5.94. The molecule has 0 heterocycles. The minimum Gasteiger partial charge on any atom is -0.858 e. The maximum absolute atomic E-state index is 14.6. The number of aliphatic imine (C=N–C) groups is 1. The highest BCUT2D eigenvalue weighted by Crippen LogP contribution is 2.37. The van der Waals surface area contributed by atoms with E-state index in [9.17, 15) is 9.50 Å². The fourth-order valence-electron chi connectivity index (χ4n) is 2.91. The smallest absolute Gasteiger partial charge is 0.147 e. The number of benzene rings is 2. The van der Waals surface area contributed by atoms with Gasteiger partial charge in [-0.25, -0.2) is 4.39 Å². The lowest BCUT2D eigenvalue weighted by atomic mass is 9.85. The topological polar surface area (TPSA) is 111 Å². The van der Waals surface area contributed by atoms with E-state index in [1.54, 1.807) is 42.5 Å². The Kier molecular flexibility index (Phi) is 4.61. The summed E-state index contributed by atoms with van der Waals surface area (Å²) < 4.78 is 14.6. The molecule has 0 saturated heterocycles. The maximum atomic E-state index is 14.6. The summed E-state index contributed by atoms with van der Waals surface area (Å²) in [5.74, 6) is -0.780. The van der Waals surface area contributed by atoms with Gasteiger partial charge in [0, 0.05) is 12.0 Å². The molecule has 0 unspecified atom stereocenters. The van der Waals surface area contributed by atoms with E-state index < -0.39 is 12.2 Å². The summed E-state index contributed by atoms with van der Waals surface area (Å²) in [4.78, 5) is 3.61. The van der Waals surface area contributed by atoms with Gasteiger partial charge in [-0.3, -0.25) is 16.5 Å². The van der Waals surface area contributed by atoms with Crippen molar-refractivity contribution < 1.29 is 9.50 Å². The van der Waals surface area contributed by atoms with E-state index >= 15 is 0 Å². The zero-order valence-electron chi connectivity index (χ0n) is 13.4. The highest BCUT2D eigenvalue weighted by atomic mass is 19.1. The van der Waals surface area contributed by atoms with Crippen LogP contribution in [0, 0.1) is 11.3 Å². The van der Waals surface area contributed by atoms with E-state index in [0.717, 1.165) is 5.56 Å². The van der Waals surface area contributed by atoms with Crippen molar-refractivity contribution in [2.24, 2.45) is 16.5 Å². The molecule has 126 valence electrons. The second-order valence-electron chi connectivity index (χ2n) is 5.77. The van der Waals surface area contributed by atoms with Crippen LogP contribution in [-0.2, 0) is 6.42 Å². The van der Waals surface area contributed by atoms with Crippen LogP contribution >= 0.6 is 0 Å². The first kappa shape index (κ1) is 16.8. The number of hydrogen-bond donors (Lipinski definition) is 2. The van der Waals surface area contributed by atoms with E-state index in [1.165, 1.54) is 0 Å². The summed E-state index contributed by atoms with van der Waals surface area (Å²) in [6.45, 7) is 0. The van der Waals surface area contributed by atoms with Crippen molar-refractivity contribution in [1.82, 2.24) is 0 Å². The summed E-state index contributed by atoms with van der Waals surface area (Å²) >= 11 is 0. The fraction of sp³-hybridized carbons (Fsp3) is 0.158. The van der Waals surface area contributed by atoms with E-state index in [1.807, 2.05) is 6.07 Å². The zero-order valence-corrected chi connectivity index (χ0v) is 13.4. The van der Waals surface area contributed by atoms with Gasteiger partial charge in [0.2, 0.25) is 0 Å². The van der Waals surface area contributed by atoms with Crippen LogP contribution in [0.2, 0.25) is 0 Å². The number of aryl methyl sites for hydroxylation is 1. The van der Waals surface area contributed by atoms with Crippen molar-refractivity contribution in [2.45, 2.75) is 19.1 Å². The van der Waals surface area contributed by atoms with Gasteiger partial charge in [0.1, 0.15) is 12.1 Å². The molecule has 5 nitrogen and oxygen atoms in total. The molecule has 1 aliphatic rings. The lowest BCUT2D eigenvalue weighted by Gasteiger charge is -2.22. The lowest BCUT2D eigenvalue weighted by molar-refractivity contribution is -0.213. The summed E-state index contributed by atoms with van der Waals surface area (Å²) in [7, 11) is 0. The third-order valence-corrected chi connectivity index (χ3v) is 4.08. The molecule has 0 fully saturated rings. The Labute approximate surface area is 144 Å². The van der Waals surface area contributed by atoms with Crippen LogP contribution in [0.1, 0.15) is 34.2 Å². The molecule has 3 rings (SSSR count). The number of rotatable bonds is 3. The second kappa shape index (κ2) is 6.85. The molecule has 0 radical (unpaired) electrons. The molecule has 1 aliphatic carbocycles. The molecule has 0 aliphatic heterocycles. The second-order valence-corrected chi connectivity index (χ2v) is 5.77. The van der Waals surface area contributed by atoms with Crippen LogP contribution in [-0.4, -0.2) is 12.2 Å². The van der Waals surface area contributed by atoms with Crippen molar-refractivity contribution in [2.75, 3.05) is 0 Å². The predicted molar refractivity (Wildman–Crippen MR) is 91.7 cm³/mol. The summed E-state index contributed by atoms with van der Waals surface area (Å²) in [5.41, 5.74) is 14.2. The summed E-state index contributed by atoms with van der Waals surface area (Å²) in [6, 6.07) is 13.8. The SMILES string of the molecule is N#Cc1ccc(C2=C(F)CCc3ccc(/C([O-])=N/C(N)N)cc32)cc1. The molecule has 0 aromatic heterocycles. The van der Waals surface area contributed by atoms with Gasteiger partial charge in [0.05, 0.1) is 11.6 Å². The first-order valence-corrected chi connectivity index (χ1v) is 7.78. The van der Waals surface area contributed by atoms with Crippen molar-refractivity contribution in [3.63, 3.8) is 0 Å². The molecule has 4 N–H and O–H groups in total. The first-order chi connectivity index (χ1) is 12.0. The van der Waals surface area contributed by atoms with E-state index in [2.05, 4.69) is 4.99 Å².